The minimum Gasteiger partial charge on any atom is -0.508 e. The van der Waals surface area contributed by atoms with Crippen LogP contribution in [-0.2, 0) is 13.0 Å². The van der Waals surface area contributed by atoms with Crippen molar-refractivity contribution in [1.29, 1.82) is 0 Å². The maximum atomic E-state index is 12.0. The predicted octanol–water partition coefficient (Wildman–Crippen LogP) is 3.82. The molecule has 0 aliphatic carbocycles. The largest absolute Gasteiger partial charge is 0.508 e. The molecule has 1 fully saturated rings. The number of nitrogens with zero attached hydrogens (tertiary/aromatic N) is 2. The van der Waals surface area contributed by atoms with Crippen LogP contribution in [0.2, 0.25) is 0 Å². The molecule has 1 aliphatic rings. The molecule has 158 valence electrons. The number of phenolic OH excluding ortho intramolecular Hbond substituents is 1. The van der Waals surface area contributed by atoms with Gasteiger partial charge >= 0.3 is 5.63 Å². The average molecular weight is 408 g/mol. The van der Waals surface area contributed by atoms with Gasteiger partial charge in [-0.15, -0.1) is 0 Å². The molecule has 1 saturated heterocycles. The summed E-state index contributed by atoms with van der Waals surface area (Å²) in [4.78, 5) is 16.9. The molecule has 0 unspecified atom stereocenters. The molecule has 1 aromatic heterocycles. The van der Waals surface area contributed by atoms with Gasteiger partial charge in [0.25, 0.3) is 0 Å². The molecule has 2 N–H and O–H groups in total. The zero-order valence-corrected chi connectivity index (χ0v) is 17.6. The Balaban J connectivity index is 1.48. The van der Waals surface area contributed by atoms with Crippen molar-refractivity contribution in [3.8, 4) is 5.75 Å². The van der Waals surface area contributed by atoms with E-state index in [-0.39, 0.29) is 5.75 Å². The molecule has 0 radical (unpaired) electrons. The zero-order chi connectivity index (χ0) is 21.1. The Bertz CT molecular complexity index is 1070. The molecule has 0 amide bonds. The van der Waals surface area contributed by atoms with Gasteiger partial charge in [-0.3, -0.25) is 0 Å². The van der Waals surface area contributed by atoms with Gasteiger partial charge in [0, 0.05) is 61.6 Å². The number of benzene rings is 2. The standard InChI is InChI=1S/C24H29N3O3/c1-3-17-13-21-18(14-24(29)30-23(21)15-22(17)28)16-25-19-5-7-20(8-6-19)27-11-9-26(4-2)10-12-27/h5-8,13-15,25,28H,3-4,9-12,16H2,1-2H3. The summed E-state index contributed by atoms with van der Waals surface area (Å²) in [5, 5.41) is 14.3. The van der Waals surface area contributed by atoms with Gasteiger partial charge in [0.15, 0.2) is 0 Å². The fraction of sp³-hybridized carbons (Fsp3) is 0.375. The molecule has 0 bridgehead atoms. The highest BCUT2D eigenvalue weighted by Crippen LogP contribution is 2.27. The first-order valence-electron chi connectivity index (χ1n) is 10.7. The Labute approximate surface area is 176 Å². The van der Waals surface area contributed by atoms with Crippen LogP contribution in [0.15, 0.2) is 51.7 Å². The van der Waals surface area contributed by atoms with Crippen LogP contribution in [0.5, 0.6) is 5.75 Å². The van der Waals surface area contributed by atoms with E-state index in [0.717, 1.165) is 54.9 Å². The normalized spacial score (nSPS) is 14.9. The summed E-state index contributed by atoms with van der Waals surface area (Å²) >= 11 is 0. The van der Waals surface area contributed by atoms with Crippen LogP contribution >= 0.6 is 0 Å². The maximum absolute atomic E-state index is 12.0. The summed E-state index contributed by atoms with van der Waals surface area (Å²) in [6.45, 7) is 10.1. The lowest BCUT2D eigenvalue weighted by Crippen LogP contribution is -2.46. The highest BCUT2D eigenvalue weighted by Gasteiger charge is 2.15. The Kier molecular flexibility index (Phi) is 5.95. The van der Waals surface area contributed by atoms with Crippen LogP contribution in [-0.4, -0.2) is 42.7 Å². The van der Waals surface area contributed by atoms with E-state index in [1.54, 1.807) is 0 Å². The molecular formula is C24H29N3O3. The SMILES string of the molecule is CCc1cc2c(CNc3ccc(N4CCN(CC)CC4)cc3)cc(=O)oc2cc1O. The predicted molar refractivity (Wildman–Crippen MR) is 122 cm³/mol. The Morgan fingerprint density at radius 3 is 2.40 bits per heavy atom. The van der Waals surface area contributed by atoms with Crippen LogP contribution in [0, 0.1) is 0 Å². The van der Waals surface area contributed by atoms with Gasteiger partial charge in [-0.25, -0.2) is 4.79 Å². The summed E-state index contributed by atoms with van der Waals surface area (Å²) < 4.78 is 5.28. The number of phenols is 1. The molecule has 6 nitrogen and oxygen atoms in total. The fourth-order valence-electron chi connectivity index (χ4n) is 4.05. The highest BCUT2D eigenvalue weighted by atomic mass is 16.4. The van der Waals surface area contributed by atoms with Gasteiger partial charge < -0.3 is 24.6 Å². The Morgan fingerprint density at radius 1 is 1.00 bits per heavy atom. The van der Waals surface area contributed by atoms with Gasteiger partial charge in [-0.2, -0.15) is 0 Å². The molecule has 2 heterocycles. The van der Waals surface area contributed by atoms with E-state index in [1.165, 1.54) is 17.8 Å². The van der Waals surface area contributed by atoms with Crippen molar-refractivity contribution in [3.63, 3.8) is 0 Å². The van der Waals surface area contributed by atoms with Crippen molar-refractivity contribution in [3.05, 3.63) is 64.0 Å². The molecule has 3 aromatic rings. The lowest BCUT2D eigenvalue weighted by atomic mass is 10.0. The van der Waals surface area contributed by atoms with Gasteiger partial charge in [0.2, 0.25) is 0 Å². The van der Waals surface area contributed by atoms with E-state index in [9.17, 15) is 9.90 Å². The number of aryl methyl sites for hydroxylation is 1. The van der Waals surface area contributed by atoms with Crippen molar-refractivity contribution in [2.24, 2.45) is 0 Å². The van der Waals surface area contributed by atoms with Crippen LogP contribution in [0.25, 0.3) is 11.0 Å². The molecule has 30 heavy (non-hydrogen) atoms. The molecular weight excluding hydrogens is 378 g/mol. The minimum atomic E-state index is -0.412. The number of aromatic hydroxyl groups is 1. The lowest BCUT2D eigenvalue weighted by molar-refractivity contribution is 0.271. The summed E-state index contributed by atoms with van der Waals surface area (Å²) in [7, 11) is 0. The Morgan fingerprint density at radius 2 is 1.73 bits per heavy atom. The summed E-state index contributed by atoms with van der Waals surface area (Å²) in [6.07, 6.45) is 0.710. The van der Waals surface area contributed by atoms with Crippen molar-refractivity contribution in [2.45, 2.75) is 26.8 Å². The maximum Gasteiger partial charge on any atom is 0.336 e. The van der Waals surface area contributed by atoms with Crippen molar-refractivity contribution in [2.75, 3.05) is 42.9 Å². The number of piperazine rings is 1. The molecule has 0 spiro atoms. The molecule has 0 saturated carbocycles. The fourth-order valence-corrected chi connectivity index (χ4v) is 4.05. The number of hydrogen-bond donors (Lipinski definition) is 2. The second-order valence-corrected chi connectivity index (χ2v) is 7.74. The summed E-state index contributed by atoms with van der Waals surface area (Å²) in [5.41, 5.74) is 3.94. The molecule has 4 rings (SSSR count). The van der Waals surface area contributed by atoms with Gasteiger partial charge in [-0.05, 0) is 54.4 Å². The van der Waals surface area contributed by atoms with Crippen LogP contribution < -0.4 is 15.8 Å². The molecule has 6 heteroatoms. The molecule has 0 atom stereocenters. The van der Waals surface area contributed by atoms with Crippen LogP contribution in [0.4, 0.5) is 11.4 Å². The minimum absolute atomic E-state index is 0.161. The monoisotopic (exact) mass is 407 g/mol. The number of fused-ring (bicyclic) bond motifs is 1. The number of rotatable bonds is 6. The second kappa shape index (κ2) is 8.79. The van der Waals surface area contributed by atoms with Gasteiger partial charge in [0.05, 0.1) is 0 Å². The topological polar surface area (TPSA) is 69.0 Å². The van der Waals surface area contributed by atoms with Crippen LogP contribution in [0.1, 0.15) is 25.0 Å². The average Bonchev–Trinajstić information content (AvgIpc) is 2.77. The molecule has 1 aliphatic heterocycles. The Hall–Kier alpha value is -2.99. The second-order valence-electron chi connectivity index (χ2n) is 7.74. The third-order valence-corrected chi connectivity index (χ3v) is 5.95. The summed E-state index contributed by atoms with van der Waals surface area (Å²) in [5.74, 6) is 0.161. The van der Waals surface area contributed by atoms with E-state index in [0.29, 0.717) is 18.5 Å². The first-order valence-corrected chi connectivity index (χ1v) is 10.7. The zero-order valence-electron chi connectivity index (χ0n) is 17.6. The quantitative estimate of drug-likeness (QED) is 0.606. The van der Waals surface area contributed by atoms with Crippen molar-refractivity contribution in [1.82, 2.24) is 4.90 Å². The van der Waals surface area contributed by atoms with Crippen molar-refractivity contribution < 1.29 is 9.52 Å². The van der Waals surface area contributed by atoms with E-state index in [4.69, 9.17) is 4.42 Å². The third-order valence-electron chi connectivity index (χ3n) is 5.95. The van der Waals surface area contributed by atoms with E-state index < -0.39 is 5.63 Å². The summed E-state index contributed by atoms with van der Waals surface area (Å²) in [6, 6.07) is 13.4. The first-order chi connectivity index (χ1) is 14.6. The number of nitrogens with one attached hydrogen (secondary N) is 1. The highest BCUT2D eigenvalue weighted by molar-refractivity contribution is 5.83. The number of anilines is 2. The number of hydrogen-bond acceptors (Lipinski definition) is 6. The lowest BCUT2D eigenvalue weighted by Gasteiger charge is -2.35. The third kappa shape index (κ3) is 4.28. The first kappa shape index (κ1) is 20.3. The van der Waals surface area contributed by atoms with Crippen molar-refractivity contribution >= 4 is 22.3 Å². The smallest absolute Gasteiger partial charge is 0.336 e. The van der Waals surface area contributed by atoms with E-state index >= 15 is 0 Å². The van der Waals surface area contributed by atoms with Gasteiger partial charge in [0.1, 0.15) is 11.3 Å². The molecule has 2 aromatic carbocycles. The van der Waals surface area contributed by atoms with Crippen LogP contribution in [0.3, 0.4) is 0 Å². The number of likely N-dealkylation sites (N-methyl/N-ethyl adjacent to an activating group) is 1. The van der Waals surface area contributed by atoms with E-state index in [2.05, 4.69) is 46.3 Å². The van der Waals surface area contributed by atoms with Gasteiger partial charge in [-0.1, -0.05) is 13.8 Å². The van der Waals surface area contributed by atoms with E-state index in [1.807, 2.05) is 13.0 Å².